The van der Waals surface area contributed by atoms with Crippen LogP contribution in [0.3, 0.4) is 0 Å². The Balaban J connectivity index is 2.15. The zero-order chi connectivity index (χ0) is 26.4. The van der Waals surface area contributed by atoms with Crippen molar-refractivity contribution in [3.05, 3.63) is 30.0 Å². The summed E-state index contributed by atoms with van der Waals surface area (Å²) in [5.74, 6) is -0.821. The maximum Gasteiger partial charge on any atom is 0.376 e. The molecule has 2 atom stereocenters. The van der Waals surface area contributed by atoms with E-state index in [1.807, 2.05) is 34.6 Å². The van der Waals surface area contributed by atoms with Gasteiger partial charge in [-0.05, 0) is 29.5 Å². The molecule has 1 aromatic carbocycles. The Morgan fingerprint density at radius 1 is 1.26 bits per heavy atom. The van der Waals surface area contributed by atoms with Gasteiger partial charge in [-0.15, -0.1) is 4.76 Å². The third-order valence-electron chi connectivity index (χ3n) is 5.44. The third-order valence-corrected chi connectivity index (χ3v) is 7.51. The van der Waals surface area contributed by atoms with E-state index in [2.05, 4.69) is 19.9 Å². The van der Waals surface area contributed by atoms with E-state index in [0.29, 0.717) is 18.6 Å². The molecular weight excluding hydrogens is 493 g/mol. The molecule has 1 aromatic rings. The zero-order valence-corrected chi connectivity index (χ0v) is 22.4. The first-order valence-corrected chi connectivity index (χ1v) is 14.7. The van der Waals surface area contributed by atoms with Crippen molar-refractivity contribution in [2.75, 3.05) is 22.8 Å². The Kier molecular flexibility index (Phi) is 7.08. The van der Waals surface area contributed by atoms with Crippen molar-refractivity contribution >= 4 is 51.8 Å². The number of guanidine groups is 1. The number of rotatable bonds is 6. The van der Waals surface area contributed by atoms with Crippen molar-refractivity contribution in [3.63, 3.8) is 0 Å². The number of hydrogen-bond acceptors (Lipinski definition) is 7. The number of benzene rings is 1. The standard InChI is InChI=1S/C22H32N5O6PS/c1-14(2)11-17-18(28)13-20(29)27(24-17,10-9-22(3,4)5)21-23-16-8-7-15(26-35(6,32)33)12-19(16)34(30,31)25-21/h7-8,12-14H,9-11H2,1-6H3,(H3-,23,24,25,26,28,29,30,31)/p+1. The fraction of sp³-hybridized carbons (Fsp3) is 0.500. The number of carbonyl (C=O) groups is 1. The highest BCUT2D eigenvalue weighted by Gasteiger charge is 2.50. The van der Waals surface area contributed by atoms with E-state index in [9.17, 15) is 27.8 Å². The first-order chi connectivity index (χ1) is 15.9. The predicted octanol–water partition coefficient (Wildman–Crippen LogP) is 3.29. The molecule has 2 heterocycles. The van der Waals surface area contributed by atoms with Gasteiger partial charge in [0, 0.05) is 18.5 Å². The molecule has 0 bridgehead atoms. The van der Waals surface area contributed by atoms with Gasteiger partial charge in [0.25, 0.3) is 0 Å². The van der Waals surface area contributed by atoms with E-state index < -0.39 is 28.0 Å². The van der Waals surface area contributed by atoms with E-state index in [1.165, 1.54) is 18.2 Å². The molecule has 0 aromatic heterocycles. The number of amides is 1. The molecule has 2 aliphatic rings. The van der Waals surface area contributed by atoms with Crippen LogP contribution in [0.1, 0.15) is 47.5 Å². The van der Waals surface area contributed by atoms with Crippen LogP contribution in [0.5, 0.6) is 0 Å². The van der Waals surface area contributed by atoms with Gasteiger partial charge in [-0.1, -0.05) is 44.3 Å². The van der Waals surface area contributed by atoms with E-state index in [0.717, 1.165) is 12.3 Å². The first kappa shape index (κ1) is 27.1. The molecule has 4 N–H and O–H groups in total. The number of nitrogens with zero attached hydrogens (tertiary/aromatic N) is 3. The highest BCUT2D eigenvalue weighted by molar-refractivity contribution is 7.92. The molecule has 0 radical (unpaired) electrons. The van der Waals surface area contributed by atoms with Crippen LogP contribution in [0.25, 0.3) is 0 Å². The van der Waals surface area contributed by atoms with Gasteiger partial charge in [0.15, 0.2) is 5.76 Å². The van der Waals surface area contributed by atoms with Gasteiger partial charge >= 0.3 is 19.4 Å². The summed E-state index contributed by atoms with van der Waals surface area (Å²) >= 11 is 0. The molecule has 13 heteroatoms. The van der Waals surface area contributed by atoms with Crippen molar-refractivity contribution in [1.29, 1.82) is 0 Å². The summed E-state index contributed by atoms with van der Waals surface area (Å²) in [6.45, 7) is 10.1. The van der Waals surface area contributed by atoms with Gasteiger partial charge in [-0.2, -0.15) is 0 Å². The average Bonchev–Trinajstić information content (AvgIpc) is 2.67. The molecule has 2 unspecified atom stereocenters. The summed E-state index contributed by atoms with van der Waals surface area (Å²) in [4.78, 5) is 24.2. The van der Waals surface area contributed by atoms with Gasteiger partial charge < -0.3 is 10.00 Å². The molecule has 1 amide bonds. The molecule has 0 saturated carbocycles. The van der Waals surface area contributed by atoms with Crippen molar-refractivity contribution in [3.8, 4) is 0 Å². The minimum absolute atomic E-state index is 0.0990. The monoisotopic (exact) mass is 526 g/mol. The highest BCUT2D eigenvalue weighted by Crippen LogP contribution is 2.48. The molecule has 0 saturated heterocycles. The lowest BCUT2D eigenvalue weighted by atomic mass is 9.92. The van der Waals surface area contributed by atoms with Crippen LogP contribution in [0, 0.1) is 11.3 Å². The quantitative estimate of drug-likeness (QED) is 0.327. The number of quaternary nitrogens is 1. The SMILES string of the molecule is CC(C)CC1=N[N+](CCC(C)(C)C)(C2=NP(=O)(O)c3cc(NS(C)(=O)=O)ccc3N2)C(=O)C=C1O. The second-order valence-corrected chi connectivity index (χ2v) is 14.0. The normalized spacial score (nSPS) is 24.8. The van der Waals surface area contributed by atoms with Crippen LogP contribution >= 0.6 is 7.52 Å². The summed E-state index contributed by atoms with van der Waals surface area (Å²) < 4.78 is 42.1. The van der Waals surface area contributed by atoms with Gasteiger partial charge in [-0.25, -0.2) is 13.2 Å². The number of hydrogen-bond donors (Lipinski definition) is 4. The molecule has 11 nitrogen and oxygen atoms in total. The number of allylic oxidation sites excluding steroid dienone is 1. The topological polar surface area (TPSA) is 158 Å². The Labute approximate surface area is 205 Å². The van der Waals surface area contributed by atoms with E-state index in [1.54, 1.807) is 0 Å². The lowest BCUT2D eigenvalue weighted by molar-refractivity contribution is -0.770. The molecule has 0 spiro atoms. The first-order valence-electron chi connectivity index (χ1n) is 11.2. The van der Waals surface area contributed by atoms with Crippen LogP contribution in [-0.2, 0) is 19.4 Å². The molecule has 192 valence electrons. The van der Waals surface area contributed by atoms with E-state index >= 15 is 0 Å². The smallest absolute Gasteiger partial charge is 0.376 e. The van der Waals surface area contributed by atoms with E-state index in [4.69, 9.17) is 0 Å². The minimum Gasteiger partial charge on any atom is -0.505 e. The molecule has 0 fully saturated rings. The maximum atomic E-state index is 13.4. The number of nitrogens with one attached hydrogen (secondary N) is 2. The number of fused-ring (bicyclic) bond motifs is 1. The van der Waals surface area contributed by atoms with Crippen LogP contribution in [-0.4, -0.2) is 53.4 Å². The fourth-order valence-electron chi connectivity index (χ4n) is 3.71. The number of aliphatic hydroxyl groups excluding tert-OH is 1. The number of aliphatic hydroxyl groups is 1. The van der Waals surface area contributed by atoms with Crippen molar-refractivity contribution < 1.29 is 32.4 Å². The number of anilines is 2. The Hall–Kier alpha value is -2.53. The van der Waals surface area contributed by atoms with Gasteiger partial charge in [0.1, 0.15) is 12.3 Å². The van der Waals surface area contributed by atoms with Crippen LogP contribution in [0.15, 0.2) is 39.9 Å². The summed E-state index contributed by atoms with van der Waals surface area (Å²) in [6.07, 6.45) is 2.98. The van der Waals surface area contributed by atoms with Gasteiger partial charge in [0.05, 0.1) is 23.3 Å². The Morgan fingerprint density at radius 3 is 2.49 bits per heavy atom. The molecule has 35 heavy (non-hydrogen) atoms. The molecule has 0 aliphatic carbocycles. The van der Waals surface area contributed by atoms with Crippen molar-refractivity contribution in [1.82, 2.24) is 0 Å². The average molecular weight is 527 g/mol. The Bertz CT molecular complexity index is 1300. The van der Waals surface area contributed by atoms with Crippen LogP contribution < -0.4 is 15.3 Å². The summed E-state index contributed by atoms with van der Waals surface area (Å²) in [6, 6.07) is 4.12. The minimum atomic E-state index is -4.42. The predicted molar refractivity (Wildman–Crippen MR) is 137 cm³/mol. The van der Waals surface area contributed by atoms with Gasteiger partial charge in [0.2, 0.25) is 10.0 Å². The largest absolute Gasteiger partial charge is 0.505 e. The number of sulfonamides is 1. The summed E-state index contributed by atoms with van der Waals surface area (Å²) in [5, 5.41) is 17.9. The fourth-order valence-corrected chi connectivity index (χ4v) is 5.58. The maximum absolute atomic E-state index is 13.4. The second kappa shape index (κ2) is 9.16. The summed E-state index contributed by atoms with van der Waals surface area (Å²) in [7, 11) is -8.02. The molecule has 2 aliphatic heterocycles. The highest BCUT2D eigenvalue weighted by atomic mass is 32.2. The third kappa shape index (κ3) is 6.19. The summed E-state index contributed by atoms with van der Waals surface area (Å²) in [5.41, 5.74) is 0.437. The molecular formula is C22H33N5O6PS+. The molecule has 3 rings (SSSR count). The van der Waals surface area contributed by atoms with Crippen molar-refractivity contribution in [2.45, 2.75) is 47.5 Å². The Morgan fingerprint density at radius 2 is 1.91 bits per heavy atom. The van der Waals surface area contributed by atoms with Crippen LogP contribution in [0.4, 0.5) is 11.4 Å². The lowest BCUT2D eigenvalue weighted by Crippen LogP contribution is -2.59. The second-order valence-electron chi connectivity index (χ2n) is 10.5. The van der Waals surface area contributed by atoms with Gasteiger partial charge in [-0.3, -0.25) is 14.6 Å². The van der Waals surface area contributed by atoms with Crippen LogP contribution in [0.2, 0.25) is 0 Å². The lowest BCUT2D eigenvalue weighted by Gasteiger charge is -2.35. The zero-order valence-electron chi connectivity index (χ0n) is 20.7. The van der Waals surface area contributed by atoms with Crippen molar-refractivity contribution in [2.24, 2.45) is 21.2 Å². The number of carbonyl (C=O) groups excluding carboxylic acids is 1. The van der Waals surface area contributed by atoms with E-state index in [-0.39, 0.29) is 46.3 Å².